The molecule has 21 heavy (non-hydrogen) atoms. The average molecular weight is 292 g/mol. The van der Waals surface area contributed by atoms with Gasteiger partial charge in [-0.2, -0.15) is 15.0 Å². The topological polar surface area (TPSA) is 116 Å². The Balaban J connectivity index is 2.29. The molecule has 2 aromatic rings. The Morgan fingerprint density at radius 1 is 0.905 bits per heavy atom. The number of nitrogens with zero attached hydrogens (tertiary/aromatic N) is 3. The zero-order chi connectivity index (χ0) is 15.2. The molecule has 0 fully saturated rings. The maximum absolute atomic E-state index is 5.30. The van der Waals surface area contributed by atoms with Crippen molar-refractivity contribution in [2.75, 3.05) is 32.1 Å². The summed E-state index contributed by atoms with van der Waals surface area (Å²) in [6, 6.07) is 5.46. The van der Waals surface area contributed by atoms with Crippen LogP contribution in [0.15, 0.2) is 18.2 Å². The third kappa shape index (κ3) is 3.39. The van der Waals surface area contributed by atoms with E-state index in [2.05, 4.69) is 25.7 Å². The van der Waals surface area contributed by atoms with Crippen LogP contribution in [-0.2, 0) is 0 Å². The van der Waals surface area contributed by atoms with E-state index in [0.29, 0.717) is 17.2 Å². The zero-order valence-electron chi connectivity index (χ0n) is 11.9. The maximum atomic E-state index is 5.30. The molecule has 112 valence electrons. The van der Waals surface area contributed by atoms with Crippen LogP contribution in [-0.4, -0.2) is 36.3 Å². The molecule has 0 spiro atoms. The van der Waals surface area contributed by atoms with E-state index in [1.807, 2.05) is 0 Å². The van der Waals surface area contributed by atoms with E-state index in [9.17, 15) is 0 Å². The van der Waals surface area contributed by atoms with E-state index >= 15 is 0 Å². The summed E-state index contributed by atoms with van der Waals surface area (Å²) in [6.45, 7) is 0. The highest BCUT2D eigenvalue weighted by Gasteiger charge is 2.09. The number of hydrazine groups is 1. The highest BCUT2D eigenvalue weighted by Crippen LogP contribution is 2.30. The molecule has 9 nitrogen and oxygen atoms in total. The van der Waals surface area contributed by atoms with Crippen molar-refractivity contribution in [3.8, 4) is 17.5 Å². The monoisotopic (exact) mass is 292 g/mol. The molecule has 0 aliphatic rings. The Kier molecular flexibility index (Phi) is 4.57. The van der Waals surface area contributed by atoms with Crippen molar-refractivity contribution in [1.82, 2.24) is 15.0 Å². The zero-order valence-corrected chi connectivity index (χ0v) is 11.9. The molecule has 0 saturated heterocycles. The molecule has 0 amide bonds. The van der Waals surface area contributed by atoms with Crippen LogP contribution in [0, 0.1) is 0 Å². The van der Waals surface area contributed by atoms with Crippen LogP contribution < -0.4 is 30.8 Å². The Bertz CT molecular complexity index is 600. The minimum Gasteiger partial charge on any atom is -0.493 e. The SMILES string of the molecule is COc1nc(NN)nc(Nc2ccc(OC)c(OC)c2)n1. The van der Waals surface area contributed by atoms with E-state index in [-0.39, 0.29) is 17.9 Å². The number of methoxy groups -OCH3 is 3. The summed E-state index contributed by atoms with van der Waals surface area (Å²) in [4.78, 5) is 12.0. The fourth-order valence-electron chi connectivity index (χ4n) is 1.61. The number of hydrogen-bond acceptors (Lipinski definition) is 9. The van der Waals surface area contributed by atoms with Crippen LogP contribution >= 0.6 is 0 Å². The molecule has 1 aromatic carbocycles. The lowest BCUT2D eigenvalue weighted by Gasteiger charge is -2.11. The van der Waals surface area contributed by atoms with Gasteiger partial charge in [-0.05, 0) is 12.1 Å². The number of nitrogen functional groups attached to an aromatic ring is 1. The van der Waals surface area contributed by atoms with Crippen molar-refractivity contribution >= 4 is 17.6 Å². The standard InChI is InChI=1S/C12H16N6O3/c1-19-8-5-4-7(6-9(8)20-2)14-10-15-11(18-13)17-12(16-10)21-3/h4-6H,13H2,1-3H3,(H2,14,15,16,17,18). The molecule has 4 N–H and O–H groups in total. The first-order valence-electron chi connectivity index (χ1n) is 5.96. The maximum Gasteiger partial charge on any atom is 0.322 e. The number of anilines is 3. The van der Waals surface area contributed by atoms with Gasteiger partial charge in [-0.3, -0.25) is 5.43 Å². The lowest BCUT2D eigenvalue weighted by molar-refractivity contribution is 0.355. The Labute approximate surface area is 121 Å². The van der Waals surface area contributed by atoms with Gasteiger partial charge in [0.2, 0.25) is 11.9 Å². The van der Waals surface area contributed by atoms with Crippen molar-refractivity contribution in [1.29, 1.82) is 0 Å². The van der Waals surface area contributed by atoms with E-state index in [1.54, 1.807) is 32.4 Å². The van der Waals surface area contributed by atoms with Crippen molar-refractivity contribution in [2.24, 2.45) is 5.84 Å². The number of nitrogens with two attached hydrogens (primary N) is 1. The molecular weight excluding hydrogens is 276 g/mol. The normalized spacial score (nSPS) is 9.90. The molecule has 0 aliphatic heterocycles. The molecular formula is C12H16N6O3. The predicted octanol–water partition coefficient (Wildman–Crippen LogP) is 0.927. The van der Waals surface area contributed by atoms with Gasteiger partial charge in [0.1, 0.15) is 0 Å². The van der Waals surface area contributed by atoms with Gasteiger partial charge in [0.05, 0.1) is 21.3 Å². The minimum atomic E-state index is 0.140. The second kappa shape index (κ2) is 6.57. The van der Waals surface area contributed by atoms with Gasteiger partial charge in [-0.15, -0.1) is 0 Å². The minimum absolute atomic E-state index is 0.140. The van der Waals surface area contributed by atoms with E-state index in [1.165, 1.54) is 7.11 Å². The highest BCUT2D eigenvalue weighted by molar-refractivity contribution is 5.60. The van der Waals surface area contributed by atoms with Crippen LogP contribution in [0.4, 0.5) is 17.6 Å². The number of ether oxygens (including phenoxy) is 3. The molecule has 0 bridgehead atoms. The first-order chi connectivity index (χ1) is 10.2. The van der Waals surface area contributed by atoms with Gasteiger partial charge in [0.25, 0.3) is 0 Å². The number of aromatic nitrogens is 3. The molecule has 0 saturated carbocycles. The first-order valence-corrected chi connectivity index (χ1v) is 5.96. The lowest BCUT2D eigenvalue weighted by atomic mass is 10.3. The van der Waals surface area contributed by atoms with Crippen LogP contribution in [0.1, 0.15) is 0 Å². The molecule has 1 aromatic heterocycles. The number of hydrogen-bond donors (Lipinski definition) is 3. The van der Waals surface area contributed by atoms with Gasteiger partial charge in [0, 0.05) is 11.8 Å². The Morgan fingerprint density at radius 3 is 2.24 bits per heavy atom. The van der Waals surface area contributed by atoms with E-state index < -0.39 is 0 Å². The summed E-state index contributed by atoms with van der Waals surface area (Å²) in [5, 5.41) is 3.01. The van der Waals surface area contributed by atoms with Crippen LogP contribution in [0.3, 0.4) is 0 Å². The van der Waals surface area contributed by atoms with Crippen LogP contribution in [0.25, 0.3) is 0 Å². The molecule has 0 atom stereocenters. The van der Waals surface area contributed by atoms with Gasteiger partial charge in [-0.25, -0.2) is 5.84 Å². The molecule has 0 unspecified atom stereocenters. The van der Waals surface area contributed by atoms with Crippen molar-refractivity contribution in [2.45, 2.75) is 0 Å². The van der Waals surface area contributed by atoms with Gasteiger partial charge < -0.3 is 19.5 Å². The fourth-order valence-corrected chi connectivity index (χ4v) is 1.61. The quantitative estimate of drug-likeness (QED) is 0.528. The van der Waals surface area contributed by atoms with Gasteiger partial charge >= 0.3 is 6.01 Å². The lowest BCUT2D eigenvalue weighted by Crippen LogP contribution is -2.13. The molecule has 1 heterocycles. The summed E-state index contributed by atoms with van der Waals surface area (Å²) in [5.41, 5.74) is 3.05. The predicted molar refractivity (Wildman–Crippen MR) is 77.0 cm³/mol. The van der Waals surface area contributed by atoms with E-state index in [0.717, 1.165) is 0 Å². The first kappa shape index (κ1) is 14.6. The van der Waals surface area contributed by atoms with E-state index in [4.69, 9.17) is 20.1 Å². The Morgan fingerprint density at radius 2 is 1.62 bits per heavy atom. The molecule has 9 heteroatoms. The third-order valence-electron chi connectivity index (χ3n) is 2.57. The second-order valence-electron chi connectivity index (χ2n) is 3.81. The van der Waals surface area contributed by atoms with Crippen molar-refractivity contribution in [3.63, 3.8) is 0 Å². The van der Waals surface area contributed by atoms with Gasteiger partial charge in [-0.1, -0.05) is 0 Å². The molecule has 2 rings (SSSR count). The largest absolute Gasteiger partial charge is 0.493 e. The van der Waals surface area contributed by atoms with Crippen molar-refractivity contribution in [3.05, 3.63) is 18.2 Å². The summed E-state index contributed by atoms with van der Waals surface area (Å²) in [7, 11) is 4.58. The third-order valence-corrected chi connectivity index (χ3v) is 2.57. The Hall–Kier alpha value is -2.81. The van der Waals surface area contributed by atoms with Crippen LogP contribution in [0.2, 0.25) is 0 Å². The van der Waals surface area contributed by atoms with Crippen molar-refractivity contribution < 1.29 is 14.2 Å². The number of benzene rings is 1. The fraction of sp³-hybridized carbons (Fsp3) is 0.250. The smallest absolute Gasteiger partial charge is 0.322 e. The number of nitrogens with one attached hydrogen (secondary N) is 2. The summed E-state index contributed by atoms with van der Waals surface area (Å²) >= 11 is 0. The van der Waals surface area contributed by atoms with Gasteiger partial charge in [0.15, 0.2) is 11.5 Å². The highest BCUT2D eigenvalue weighted by atomic mass is 16.5. The molecule has 0 aliphatic carbocycles. The summed E-state index contributed by atoms with van der Waals surface area (Å²) in [6.07, 6.45) is 0. The summed E-state index contributed by atoms with van der Waals surface area (Å²) in [5.74, 6) is 6.97. The molecule has 0 radical (unpaired) electrons. The van der Waals surface area contributed by atoms with Crippen LogP contribution in [0.5, 0.6) is 17.5 Å². The second-order valence-corrected chi connectivity index (χ2v) is 3.81. The average Bonchev–Trinajstić information content (AvgIpc) is 2.54. The summed E-state index contributed by atoms with van der Waals surface area (Å²) < 4.78 is 15.4. The number of rotatable bonds is 6.